The van der Waals surface area contributed by atoms with E-state index in [2.05, 4.69) is 17.6 Å². The number of hydrogen-bond donors (Lipinski definition) is 3. The number of carbonyl (C=O) groups excluding carboxylic acids is 1. The molecular weight excluding hydrogens is 216 g/mol. The van der Waals surface area contributed by atoms with Crippen molar-refractivity contribution in [3.63, 3.8) is 0 Å². The predicted molar refractivity (Wildman–Crippen MR) is 68.7 cm³/mol. The molecule has 0 aromatic heterocycles. The molecule has 1 saturated heterocycles. The van der Waals surface area contributed by atoms with Crippen LogP contribution < -0.4 is 10.6 Å². The van der Waals surface area contributed by atoms with Gasteiger partial charge in [0.25, 0.3) is 0 Å². The zero-order chi connectivity index (χ0) is 12.7. The molecule has 0 radical (unpaired) electrons. The number of nitrogens with one attached hydrogen (secondary N) is 2. The molecule has 1 amide bonds. The summed E-state index contributed by atoms with van der Waals surface area (Å²) >= 11 is 0. The van der Waals surface area contributed by atoms with Crippen LogP contribution in [-0.4, -0.2) is 36.8 Å². The number of piperidine rings is 1. The van der Waals surface area contributed by atoms with Crippen molar-refractivity contribution in [3.8, 4) is 0 Å². The maximum atomic E-state index is 11.9. The number of carbonyl (C=O) groups is 1. The third-order valence-electron chi connectivity index (χ3n) is 3.48. The van der Waals surface area contributed by atoms with Crippen LogP contribution in [0.2, 0.25) is 0 Å². The summed E-state index contributed by atoms with van der Waals surface area (Å²) in [6, 6.07) is 0.453. The lowest BCUT2D eigenvalue weighted by molar-refractivity contribution is -0.126. The van der Waals surface area contributed by atoms with Gasteiger partial charge in [-0.05, 0) is 45.1 Å². The summed E-state index contributed by atoms with van der Waals surface area (Å²) in [4.78, 5) is 11.9. The van der Waals surface area contributed by atoms with Gasteiger partial charge in [0.05, 0.1) is 0 Å². The van der Waals surface area contributed by atoms with E-state index in [1.165, 1.54) is 0 Å². The Labute approximate surface area is 104 Å². The fourth-order valence-electron chi connectivity index (χ4n) is 2.27. The molecule has 3 atom stereocenters. The summed E-state index contributed by atoms with van der Waals surface area (Å²) in [5, 5.41) is 15.2. The fraction of sp³-hybridized carbons (Fsp3) is 0.923. The Bertz CT molecular complexity index is 233. The Morgan fingerprint density at radius 1 is 1.59 bits per heavy atom. The van der Waals surface area contributed by atoms with E-state index in [1.54, 1.807) is 0 Å². The first kappa shape index (κ1) is 14.5. The van der Waals surface area contributed by atoms with Crippen LogP contribution in [0.5, 0.6) is 0 Å². The first-order valence-electron chi connectivity index (χ1n) is 6.75. The molecule has 0 aliphatic carbocycles. The van der Waals surface area contributed by atoms with E-state index in [9.17, 15) is 4.79 Å². The van der Waals surface area contributed by atoms with Crippen molar-refractivity contribution in [2.75, 3.05) is 19.7 Å². The highest BCUT2D eigenvalue weighted by atomic mass is 16.3. The van der Waals surface area contributed by atoms with Crippen LogP contribution in [0.25, 0.3) is 0 Å². The van der Waals surface area contributed by atoms with Crippen LogP contribution in [0.4, 0.5) is 0 Å². The van der Waals surface area contributed by atoms with Crippen molar-refractivity contribution in [2.24, 2.45) is 11.8 Å². The molecule has 3 N–H and O–H groups in total. The molecule has 3 unspecified atom stereocenters. The monoisotopic (exact) mass is 242 g/mol. The molecule has 1 aliphatic rings. The summed E-state index contributed by atoms with van der Waals surface area (Å²) in [6.45, 7) is 6.07. The van der Waals surface area contributed by atoms with Gasteiger partial charge in [0.2, 0.25) is 5.91 Å². The van der Waals surface area contributed by atoms with Crippen molar-refractivity contribution in [1.29, 1.82) is 0 Å². The van der Waals surface area contributed by atoms with Crippen molar-refractivity contribution in [3.05, 3.63) is 0 Å². The molecule has 1 aliphatic heterocycles. The lowest BCUT2D eigenvalue weighted by Gasteiger charge is -2.27. The zero-order valence-corrected chi connectivity index (χ0v) is 11.0. The molecule has 0 bridgehead atoms. The topological polar surface area (TPSA) is 61.4 Å². The molecule has 4 nitrogen and oxygen atoms in total. The molecule has 1 rings (SSSR count). The summed E-state index contributed by atoms with van der Waals surface area (Å²) in [7, 11) is 0. The SMILES string of the molecule is CC(CO)CCCNC(=O)C1CCNC(C)C1. The van der Waals surface area contributed by atoms with Crippen LogP contribution in [-0.2, 0) is 4.79 Å². The molecule has 0 saturated carbocycles. The van der Waals surface area contributed by atoms with Gasteiger partial charge in [0.1, 0.15) is 0 Å². The minimum absolute atomic E-state index is 0.182. The molecule has 4 heteroatoms. The van der Waals surface area contributed by atoms with Gasteiger partial charge in [-0.1, -0.05) is 6.92 Å². The zero-order valence-electron chi connectivity index (χ0n) is 11.0. The van der Waals surface area contributed by atoms with Crippen molar-refractivity contribution < 1.29 is 9.90 Å². The molecule has 0 aromatic carbocycles. The van der Waals surface area contributed by atoms with E-state index >= 15 is 0 Å². The number of aliphatic hydroxyl groups is 1. The standard InChI is InChI=1S/C13H26N2O2/c1-10(9-16)4-3-6-15-13(17)12-5-7-14-11(2)8-12/h10-12,14,16H,3-9H2,1-2H3,(H,15,17). The second kappa shape index (κ2) is 7.67. The number of amides is 1. The minimum Gasteiger partial charge on any atom is -0.396 e. The van der Waals surface area contributed by atoms with Crippen LogP contribution in [0.1, 0.15) is 39.5 Å². The number of hydrogen-bond acceptors (Lipinski definition) is 3. The van der Waals surface area contributed by atoms with Crippen LogP contribution in [0.3, 0.4) is 0 Å². The smallest absolute Gasteiger partial charge is 0.223 e. The van der Waals surface area contributed by atoms with Gasteiger partial charge in [0.15, 0.2) is 0 Å². The van der Waals surface area contributed by atoms with Gasteiger partial charge in [-0.3, -0.25) is 4.79 Å². The van der Waals surface area contributed by atoms with Crippen LogP contribution in [0.15, 0.2) is 0 Å². The normalized spacial score (nSPS) is 26.5. The van der Waals surface area contributed by atoms with E-state index < -0.39 is 0 Å². The Hall–Kier alpha value is -0.610. The summed E-state index contributed by atoms with van der Waals surface area (Å²) < 4.78 is 0. The molecule has 0 spiro atoms. The average Bonchev–Trinajstić information content (AvgIpc) is 2.34. The maximum Gasteiger partial charge on any atom is 0.223 e. The Morgan fingerprint density at radius 3 is 3.00 bits per heavy atom. The lowest BCUT2D eigenvalue weighted by Crippen LogP contribution is -2.42. The third kappa shape index (κ3) is 5.50. The van der Waals surface area contributed by atoms with Crippen molar-refractivity contribution in [1.82, 2.24) is 10.6 Å². The quantitative estimate of drug-likeness (QED) is 0.606. The Kier molecular flexibility index (Phi) is 6.52. The van der Waals surface area contributed by atoms with E-state index in [-0.39, 0.29) is 18.4 Å². The Balaban J connectivity index is 2.12. The van der Waals surface area contributed by atoms with Gasteiger partial charge in [-0.2, -0.15) is 0 Å². The fourth-order valence-corrected chi connectivity index (χ4v) is 2.27. The van der Waals surface area contributed by atoms with Gasteiger partial charge in [0, 0.05) is 25.1 Å². The largest absolute Gasteiger partial charge is 0.396 e. The van der Waals surface area contributed by atoms with Gasteiger partial charge >= 0.3 is 0 Å². The van der Waals surface area contributed by atoms with Crippen LogP contribution >= 0.6 is 0 Å². The van der Waals surface area contributed by atoms with Crippen LogP contribution in [0, 0.1) is 11.8 Å². The molecular formula is C13H26N2O2. The van der Waals surface area contributed by atoms with Gasteiger partial charge in [-0.15, -0.1) is 0 Å². The lowest BCUT2D eigenvalue weighted by atomic mass is 9.92. The molecule has 100 valence electrons. The second-order valence-corrected chi connectivity index (χ2v) is 5.30. The maximum absolute atomic E-state index is 11.9. The summed E-state index contributed by atoms with van der Waals surface area (Å²) in [5.74, 6) is 0.724. The molecule has 0 aromatic rings. The third-order valence-corrected chi connectivity index (χ3v) is 3.48. The van der Waals surface area contributed by atoms with E-state index in [4.69, 9.17) is 5.11 Å². The average molecular weight is 242 g/mol. The summed E-state index contributed by atoms with van der Waals surface area (Å²) in [6.07, 6.45) is 3.81. The van der Waals surface area contributed by atoms with E-state index in [1.807, 2.05) is 6.92 Å². The number of rotatable bonds is 6. The highest BCUT2D eigenvalue weighted by molar-refractivity contribution is 5.78. The van der Waals surface area contributed by atoms with Crippen molar-refractivity contribution in [2.45, 2.75) is 45.6 Å². The predicted octanol–water partition coefficient (Wildman–Crippen LogP) is 0.899. The first-order chi connectivity index (χ1) is 8.13. The molecule has 1 fully saturated rings. The second-order valence-electron chi connectivity index (χ2n) is 5.30. The highest BCUT2D eigenvalue weighted by Crippen LogP contribution is 2.15. The van der Waals surface area contributed by atoms with Gasteiger partial charge < -0.3 is 15.7 Å². The highest BCUT2D eigenvalue weighted by Gasteiger charge is 2.24. The van der Waals surface area contributed by atoms with Gasteiger partial charge in [-0.25, -0.2) is 0 Å². The van der Waals surface area contributed by atoms with E-state index in [0.717, 1.165) is 38.8 Å². The summed E-state index contributed by atoms with van der Waals surface area (Å²) in [5.41, 5.74) is 0. The Morgan fingerprint density at radius 2 is 2.35 bits per heavy atom. The minimum atomic E-state index is 0.182. The first-order valence-corrected chi connectivity index (χ1v) is 6.75. The molecule has 1 heterocycles. The van der Waals surface area contributed by atoms with Crippen molar-refractivity contribution >= 4 is 5.91 Å². The molecule has 17 heavy (non-hydrogen) atoms. The van der Waals surface area contributed by atoms with E-state index in [0.29, 0.717) is 12.0 Å². The number of aliphatic hydroxyl groups excluding tert-OH is 1.